The summed E-state index contributed by atoms with van der Waals surface area (Å²) < 4.78 is 10.2. The highest BCUT2D eigenvalue weighted by Crippen LogP contribution is 2.71. The molecule has 4 unspecified atom stereocenters. The molecule has 2 fully saturated rings. The Balaban J connectivity index is 1.93. The Kier molecular flexibility index (Phi) is 9.84. The van der Waals surface area contributed by atoms with Crippen molar-refractivity contribution in [1.82, 2.24) is 0 Å². The Morgan fingerprint density at radius 1 is 0.793 bits per heavy atom. The molecule has 4 atom stereocenters. The summed E-state index contributed by atoms with van der Waals surface area (Å²) in [6, 6.07) is 0. The summed E-state index contributed by atoms with van der Waals surface area (Å²) >= 11 is 1.52. The van der Waals surface area contributed by atoms with Crippen molar-refractivity contribution >= 4 is 23.7 Å². The monoisotopic (exact) mass is 426 g/mol. The van der Waals surface area contributed by atoms with Crippen LogP contribution in [0.3, 0.4) is 0 Å². The van der Waals surface area contributed by atoms with E-state index in [0.29, 0.717) is 25.0 Å². The van der Waals surface area contributed by atoms with Crippen molar-refractivity contribution in [3.63, 3.8) is 0 Å². The number of thioether (sulfide) groups is 1. The number of carbonyl (C=O) groups excluding carboxylic acids is 2. The molecule has 2 rings (SSSR count). The third-order valence-electron chi connectivity index (χ3n) is 6.91. The number of ether oxygens (including phenoxy) is 2. The summed E-state index contributed by atoms with van der Waals surface area (Å²) in [7, 11) is 0. The molecule has 2 aliphatic rings. The molecule has 0 spiro atoms. The first-order valence-corrected chi connectivity index (χ1v) is 12.9. The summed E-state index contributed by atoms with van der Waals surface area (Å²) in [6.07, 6.45) is 12.4. The van der Waals surface area contributed by atoms with Crippen molar-refractivity contribution in [2.75, 3.05) is 13.2 Å². The van der Waals surface area contributed by atoms with Crippen molar-refractivity contribution in [3.8, 4) is 0 Å². The number of hydrogen-bond acceptors (Lipinski definition) is 5. The topological polar surface area (TPSA) is 52.6 Å². The molecule has 29 heavy (non-hydrogen) atoms. The summed E-state index contributed by atoms with van der Waals surface area (Å²) in [6.45, 7) is 9.65. The van der Waals surface area contributed by atoms with Crippen molar-refractivity contribution < 1.29 is 19.1 Å². The largest absolute Gasteiger partial charge is 0.464 e. The number of rotatable bonds is 14. The zero-order chi connectivity index (χ0) is 21.3. The fourth-order valence-electron chi connectivity index (χ4n) is 4.56. The molecule has 0 amide bonds. The van der Waals surface area contributed by atoms with Gasteiger partial charge in [-0.25, -0.2) is 0 Å². The molecule has 0 aromatic carbocycles. The Morgan fingerprint density at radius 3 is 1.55 bits per heavy atom. The van der Waals surface area contributed by atoms with Gasteiger partial charge in [-0.3, -0.25) is 9.59 Å². The van der Waals surface area contributed by atoms with Gasteiger partial charge in [0.25, 0.3) is 0 Å². The Morgan fingerprint density at radius 2 is 1.21 bits per heavy atom. The number of esters is 2. The standard InChI is InChI=1S/C24H42O4S/c1-5-9-13-19(7-3)17-27-21(25)23-15-11-12-16-24(23,29-23)22(26)28-18-20(8-4)14-10-6-2/h19-20H,5-18H2,1-4H3. The SMILES string of the molecule is CCCCC(CC)COC(=O)C12CCCCC1(C(=O)OCC(CC)CCCC)S2. The molecule has 1 aliphatic carbocycles. The van der Waals surface area contributed by atoms with E-state index in [2.05, 4.69) is 27.7 Å². The van der Waals surface area contributed by atoms with Crippen LogP contribution in [-0.2, 0) is 19.1 Å². The Labute approximate surface area is 182 Å². The van der Waals surface area contributed by atoms with Gasteiger partial charge in [0, 0.05) is 0 Å². The fraction of sp³-hybridized carbons (Fsp3) is 0.917. The zero-order valence-electron chi connectivity index (χ0n) is 19.1. The van der Waals surface area contributed by atoms with E-state index in [1.165, 1.54) is 24.6 Å². The summed E-state index contributed by atoms with van der Waals surface area (Å²) in [5.41, 5.74) is 0. The minimum atomic E-state index is -0.684. The number of hydrogen-bond donors (Lipinski definition) is 0. The maximum atomic E-state index is 13.1. The molecule has 0 aromatic rings. The molecule has 0 aromatic heterocycles. The van der Waals surface area contributed by atoms with Crippen LogP contribution in [-0.4, -0.2) is 34.6 Å². The molecule has 0 bridgehead atoms. The smallest absolute Gasteiger partial charge is 0.324 e. The van der Waals surface area contributed by atoms with Crippen molar-refractivity contribution in [3.05, 3.63) is 0 Å². The summed E-state index contributed by atoms with van der Waals surface area (Å²) in [5.74, 6) is 0.500. The molecule has 1 saturated carbocycles. The van der Waals surface area contributed by atoms with Crippen molar-refractivity contribution in [2.24, 2.45) is 11.8 Å². The second-order valence-electron chi connectivity index (χ2n) is 8.99. The number of fused-ring (bicyclic) bond motifs is 1. The second kappa shape index (κ2) is 11.6. The minimum Gasteiger partial charge on any atom is -0.464 e. The lowest BCUT2D eigenvalue weighted by atomic mass is 9.79. The van der Waals surface area contributed by atoms with Crippen LogP contribution in [0, 0.1) is 11.8 Å². The second-order valence-corrected chi connectivity index (χ2v) is 10.6. The predicted octanol–water partition coefficient (Wildman–Crippen LogP) is 6.30. The van der Waals surface area contributed by atoms with Crippen LogP contribution in [0.15, 0.2) is 0 Å². The molecule has 168 valence electrons. The van der Waals surface area contributed by atoms with Gasteiger partial charge in [0.1, 0.15) is 9.49 Å². The Hall–Kier alpha value is -0.710. The van der Waals surface area contributed by atoms with E-state index >= 15 is 0 Å². The van der Waals surface area contributed by atoms with Crippen LogP contribution in [0.1, 0.15) is 105 Å². The molecule has 0 N–H and O–H groups in total. The lowest BCUT2D eigenvalue weighted by molar-refractivity contribution is -0.156. The molecule has 4 nitrogen and oxygen atoms in total. The van der Waals surface area contributed by atoms with E-state index in [-0.39, 0.29) is 11.9 Å². The zero-order valence-corrected chi connectivity index (χ0v) is 19.9. The van der Waals surface area contributed by atoms with E-state index in [9.17, 15) is 9.59 Å². The van der Waals surface area contributed by atoms with Gasteiger partial charge in [-0.15, -0.1) is 11.8 Å². The fourth-order valence-corrected chi connectivity index (χ4v) is 6.25. The lowest BCUT2D eigenvalue weighted by Crippen LogP contribution is -2.44. The average molecular weight is 427 g/mol. The third kappa shape index (κ3) is 5.71. The van der Waals surface area contributed by atoms with Gasteiger partial charge in [-0.2, -0.15) is 0 Å². The molecule has 5 heteroatoms. The van der Waals surface area contributed by atoms with Gasteiger partial charge in [0.2, 0.25) is 0 Å². The quantitative estimate of drug-likeness (QED) is 0.241. The van der Waals surface area contributed by atoms with Gasteiger partial charge < -0.3 is 9.47 Å². The van der Waals surface area contributed by atoms with Crippen LogP contribution in [0.25, 0.3) is 0 Å². The predicted molar refractivity (Wildman–Crippen MR) is 120 cm³/mol. The average Bonchev–Trinajstić information content (AvgIpc) is 3.46. The molecule has 1 heterocycles. The number of carbonyl (C=O) groups is 2. The highest BCUT2D eigenvalue weighted by Gasteiger charge is 2.79. The molecule has 1 saturated heterocycles. The summed E-state index contributed by atoms with van der Waals surface area (Å²) in [4.78, 5) is 26.1. The first kappa shape index (κ1) is 24.6. The lowest BCUT2D eigenvalue weighted by Gasteiger charge is -2.26. The molecular weight excluding hydrogens is 384 g/mol. The maximum absolute atomic E-state index is 13.1. The van der Waals surface area contributed by atoms with Gasteiger partial charge >= 0.3 is 11.9 Å². The number of unbranched alkanes of at least 4 members (excludes halogenated alkanes) is 2. The van der Waals surface area contributed by atoms with E-state index in [1.807, 2.05) is 0 Å². The molecular formula is C24H42O4S. The Bertz CT molecular complexity index is 491. The summed E-state index contributed by atoms with van der Waals surface area (Å²) in [5, 5.41) is 0. The van der Waals surface area contributed by atoms with Gasteiger partial charge in [-0.05, 0) is 37.5 Å². The van der Waals surface area contributed by atoms with Gasteiger partial charge in [0.05, 0.1) is 13.2 Å². The maximum Gasteiger partial charge on any atom is 0.324 e. The van der Waals surface area contributed by atoms with Gasteiger partial charge in [0.15, 0.2) is 0 Å². The van der Waals surface area contributed by atoms with Gasteiger partial charge in [-0.1, -0.05) is 79.1 Å². The molecule has 1 aliphatic heterocycles. The van der Waals surface area contributed by atoms with Crippen molar-refractivity contribution in [1.29, 1.82) is 0 Å². The van der Waals surface area contributed by atoms with Crippen LogP contribution in [0.2, 0.25) is 0 Å². The third-order valence-corrected chi connectivity index (χ3v) is 8.84. The van der Waals surface area contributed by atoms with Crippen LogP contribution >= 0.6 is 11.8 Å². The van der Waals surface area contributed by atoms with E-state index in [0.717, 1.165) is 64.2 Å². The van der Waals surface area contributed by atoms with Crippen molar-refractivity contribution in [2.45, 2.75) is 114 Å². The normalized spacial score (nSPS) is 27.6. The van der Waals surface area contributed by atoms with E-state index in [1.54, 1.807) is 0 Å². The first-order valence-electron chi connectivity index (χ1n) is 12.0. The highest BCUT2D eigenvalue weighted by atomic mass is 32.2. The minimum absolute atomic E-state index is 0.174. The van der Waals surface area contributed by atoms with E-state index < -0.39 is 9.49 Å². The van der Waals surface area contributed by atoms with Crippen LogP contribution in [0.4, 0.5) is 0 Å². The highest BCUT2D eigenvalue weighted by molar-refractivity contribution is 8.11. The van der Waals surface area contributed by atoms with Crippen LogP contribution < -0.4 is 0 Å². The molecule has 0 radical (unpaired) electrons. The van der Waals surface area contributed by atoms with E-state index in [4.69, 9.17) is 9.47 Å². The van der Waals surface area contributed by atoms with Crippen LogP contribution in [0.5, 0.6) is 0 Å². The first-order chi connectivity index (χ1) is 14.0.